The summed E-state index contributed by atoms with van der Waals surface area (Å²) in [7, 11) is -1.82. The maximum Gasteiger partial charge on any atom is 0.305 e. The zero-order valence-corrected chi connectivity index (χ0v) is 27.2. The lowest BCUT2D eigenvalue weighted by atomic mass is 9.63. The first-order valence-electron chi connectivity index (χ1n) is 16.8. The van der Waals surface area contributed by atoms with E-state index in [0.717, 1.165) is 102 Å². The van der Waals surface area contributed by atoms with Gasteiger partial charge in [-0.1, -0.05) is 31.4 Å². The molecule has 9 heteroatoms. The van der Waals surface area contributed by atoms with Crippen molar-refractivity contribution in [1.82, 2.24) is 4.90 Å². The number of anilines is 1. The monoisotopic (exact) mass is 635 g/mol. The van der Waals surface area contributed by atoms with E-state index in [9.17, 15) is 17.6 Å². The van der Waals surface area contributed by atoms with Gasteiger partial charge in [0.2, 0.25) is 0 Å². The van der Waals surface area contributed by atoms with Crippen molar-refractivity contribution in [3.05, 3.63) is 71.3 Å². The molecular weight excluding hydrogens is 589 g/mol. The van der Waals surface area contributed by atoms with Crippen LogP contribution in [-0.4, -0.2) is 64.4 Å². The number of methoxy groups -OCH3 is 1. The summed E-state index contributed by atoms with van der Waals surface area (Å²) in [6.45, 7) is 13.3. The minimum Gasteiger partial charge on any atom is -0.469 e. The molecule has 0 bridgehead atoms. The zero-order valence-electron chi connectivity index (χ0n) is 26.4. The third kappa shape index (κ3) is 6.38. The summed E-state index contributed by atoms with van der Waals surface area (Å²) in [4.78, 5) is 22.0. The maximum atomic E-state index is 14.6. The van der Waals surface area contributed by atoms with Crippen LogP contribution in [0.4, 0.5) is 10.1 Å². The van der Waals surface area contributed by atoms with Crippen LogP contribution in [0.2, 0.25) is 0 Å². The molecule has 0 radical (unpaired) electrons. The Hall–Kier alpha value is -2.96. The molecule has 3 atom stereocenters. The van der Waals surface area contributed by atoms with E-state index in [1.165, 1.54) is 13.2 Å². The fraction of sp³-hybridized carbons (Fsp3) is 0.611. The fourth-order valence-corrected chi connectivity index (χ4v) is 10.8. The summed E-state index contributed by atoms with van der Waals surface area (Å²) < 4.78 is 45.5. The molecule has 6 rings (SSSR count). The van der Waals surface area contributed by atoms with Crippen LogP contribution in [0.15, 0.2) is 53.4 Å². The molecule has 2 aromatic rings. The number of piperidine rings is 1. The minimum atomic E-state index is -3.24. The van der Waals surface area contributed by atoms with E-state index >= 15 is 0 Å². The van der Waals surface area contributed by atoms with E-state index in [4.69, 9.17) is 11.3 Å². The lowest BCUT2D eigenvalue weighted by Gasteiger charge is -2.46. The number of carbonyl (C=O) groups excluding carboxylic acids is 1. The van der Waals surface area contributed by atoms with Crippen molar-refractivity contribution in [1.29, 1.82) is 0 Å². The first kappa shape index (κ1) is 32.0. The van der Waals surface area contributed by atoms with Gasteiger partial charge in [-0.15, -0.1) is 0 Å². The third-order valence-corrected chi connectivity index (χ3v) is 13.6. The number of benzene rings is 2. The van der Waals surface area contributed by atoms with Crippen molar-refractivity contribution in [2.75, 3.05) is 44.7 Å². The summed E-state index contributed by atoms with van der Waals surface area (Å²) in [5, 5.41) is -0.228. The van der Waals surface area contributed by atoms with Gasteiger partial charge in [0.1, 0.15) is 5.82 Å². The number of halogens is 1. The number of ether oxygens (including phenoxy) is 1. The lowest BCUT2D eigenvalue weighted by molar-refractivity contribution is -0.142. The Morgan fingerprint density at radius 1 is 1.00 bits per heavy atom. The topological polar surface area (TPSA) is 71.3 Å². The molecule has 7 nitrogen and oxygen atoms in total. The Bertz CT molecular complexity index is 1490. The maximum absolute atomic E-state index is 14.6. The van der Waals surface area contributed by atoms with Gasteiger partial charge in [0.25, 0.3) is 5.54 Å². The Labute approximate surface area is 267 Å². The second-order valence-corrected chi connectivity index (χ2v) is 16.0. The third-order valence-electron chi connectivity index (χ3n) is 11.3. The molecule has 0 N–H and O–H groups in total. The van der Waals surface area contributed by atoms with Gasteiger partial charge in [-0.05, 0) is 93.9 Å². The van der Waals surface area contributed by atoms with E-state index in [1.807, 2.05) is 18.2 Å². The summed E-state index contributed by atoms with van der Waals surface area (Å²) in [5.74, 6) is 0.127. The highest BCUT2D eigenvalue weighted by Gasteiger charge is 2.58. The highest BCUT2D eigenvalue weighted by molar-refractivity contribution is 7.92. The van der Waals surface area contributed by atoms with Crippen molar-refractivity contribution in [3.63, 3.8) is 0 Å². The number of sulfone groups is 1. The van der Waals surface area contributed by atoms with Crippen LogP contribution in [0.5, 0.6) is 0 Å². The highest BCUT2D eigenvalue weighted by Crippen LogP contribution is 2.54. The van der Waals surface area contributed by atoms with Crippen LogP contribution in [0.25, 0.3) is 4.85 Å². The van der Waals surface area contributed by atoms with Crippen LogP contribution in [0, 0.1) is 36.1 Å². The molecule has 2 saturated heterocycles. The molecular formula is C36H46FN3O4S. The number of likely N-dealkylation sites (tertiary alicyclic amines) is 1. The van der Waals surface area contributed by atoms with Crippen LogP contribution < -0.4 is 4.90 Å². The van der Waals surface area contributed by atoms with Crippen molar-refractivity contribution < 1.29 is 22.3 Å². The van der Waals surface area contributed by atoms with Crippen LogP contribution in [0.1, 0.15) is 69.8 Å². The average molecular weight is 636 g/mol. The minimum absolute atomic E-state index is 0.00724. The molecule has 0 spiro atoms. The average Bonchev–Trinajstić information content (AvgIpc) is 3.74. The Morgan fingerprint density at radius 2 is 1.71 bits per heavy atom. The predicted molar refractivity (Wildman–Crippen MR) is 173 cm³/mol. The van der Waals surface area contributed by atoms with Gasteiger partial charge < -0.3 is 19.4 Å². The molecule has 4 fully saturated rings. The van der Waals surface area contributed by atoms with Gasteiger partial charge in [0.15, 0.2) is 9.84 Å². The number of hydrogen-bond donors (Lipinski definition) is 0. The normalized spacial score (nSPS) is 25.0. The first-order valence-corrected chi connectivity index (χ1v) is 18.3. The molecule has 45 heavy (non-hydrogen) atoms. The van der Waals surface area contributed by atoms with Crippen molar-refractivity contribution in [2.45, 2.75) is 79.9 Å². The fourth-order valence-electron chi connectivity index (χ4n) is 8.94. The molecule has 242 valence electrons. The highest BCUT2D eigenvalue weighted by atomic mass is 32.2. The van der Waals surface area contributed by atoms with E-state index in [-0.39, 0.29) is 34.8 Å². The van der Waals surface area contributed by atoms with Gasteiger partial charge in [-0.25, -0.2) is 19.4 Å². The number of carbonyl (C=O) groups is 1. The molecule has 2 heterocycles. The smallest absolute Gasteiger partial charge is 0.305 e. The second kappa shape index (κ2) is 13.4. The number of nitrogens with zero attached hydrogens (tertiary/aromatic N) is 3. The van der Waals surface area contributed by atoms with Crippen molar-refractivity contribution in [3.8, 4) is 0 Å². The lowest BCUT2D eigenvalue weighted by Crippen LogP contribution is -2.53. The number of rotatable bonds is 10. The number of esters is 1. The molecule has 2 aliphatic heterocycles. The summed E-state index contributed by atoms with van der Waals surface area (Å²) in [6.07, 6.45) is 8.32. The largest absolute Gasteiger partial charge is 0.469 e. The van der Waals surface area contributed by atoms with Gasteiger partial charge in [-0.2, -0.15) is 0 Å². The van der Waals surface area contributed by atoms with E-state index < -0.39 is 15.4 Å². The summed E-state index contributed by atoms with van der Waals surface area (Å²) in [6, 6.07) is 14.1. The summed E-state index contributed by atoms with van der Waals surface area (Å²) >= 11 is 0. The summed E-state index contributed by atoms with van der Waals surface area (Å²) in [5.41, 5.74) is 0.980. The molecule has 0 unspecified atom stereocenters. The van der Waals surface area contributed by atoms with E-state index in [2.05, 4.69) is 14.6 Å². The van der Waals surface area contributed by atoms with Crippen molar-refractivity contribution in [2.24, 2.45) is 23.7 Å². The van der Waals surface area contributed by atoms with Gasteiger partial charge in [0.05, 0.1) is 17.3 Å². The quantitative estimate of drug-likeness (QED) is 0.220. The van der Waals surface area contributed by atoms with Crippen molar-refractivity contribution >= 4 is 21.5 Å². The molecule has 0 amide bonds. The van der Waals surface area contributed by atoms with Gasteiger partial charge in [0, 0.05) is 55.1 Å². The van der Waals surface area contributed by atoms with Crippen LogP contribution in [-0.2, 0) is 24.9 Å². The SMILES string of the molecule is [C-]#[N+][C@@](c1cccc(F)c1)(C1CCN(CC2CN(c3ccc(S(=O)(=O)C4CCCC4)cc3)C2)CC1)[C@H]1CCC[C@@H]1CC(=O)OC. The molecule has 2 saturated carbocycles. The van der Waals surface area contributed by atoms with Gasteiger partial charge >= 0.3 is 5.97 Å². The van der Waals surface area contributed by atoms with E-state index in [0.29, 0.717) is 17.2 Å². The molecule has 2 aromatic carbocycles. The van der Waals surface area contributed by atoms with Gasteiger partial charge in [-0.3, -0.25) is 4.79 Å². The van der Waals surface area contributed by atoms with E-state index in [1.54, 1.807) is 24.3 Å². The first-order chi connectivity index (χ1) is 21.7. The standard InChI is InChI=1S/C36H46FN3O4S/c1-38-36(29-8-6-9-30(37)22-29,34-12-5-7-27(34)21-35(41)44-2)28-17-19-39(20-18-28)23-26-24-40(25-26)31-13-15-33(16-14-31)45(42,43)32-10-3-4-11-32/h6,8-9,13-16,22,26-28,32,34H,3-5,7,10-12,17-21,23-25H2,2H3/t27-,34+,36-/m1/s1. The molecule has 4 aliphatic rings. The molecule has 2 aliphatic carbocycles. The number of hydrogen-bond acceptors (Lipinski definition) is 6. The van der Waals surface area contributed by atoms with Crippen LogP contribution >= 0.6 is 0 Å². The second-order valence-electron chi connectivity index (χ2n) is 13.8. The Kier molecular flexibility index (Phi) is 9.54. The Morgan fingerprint density at radius 3 is 2.36 bits per heavy atom. The Balaban J connectivity index is 1.07. The molecule has 0 aromatic heterocycles. The predicted octanol–water partition coefficient (Wildman–Crippen LogP) is 6.48. The zero-order chi connectivity index (χ0) is 31.6. The van der Waals surface area contributed by atoms with Crippen LogP contribution in [0.3, 0.4) is 0 Å².